The van der Waals surface area contributed by atoms with E-state index in [4.69, 9.17) is 4.98 Å². The lowest BCUT2D eigenvalue weighted by Gasteiger charge is -2.12. The molecule has 10 nitrogen and oxygen atoms in total. The SMILES string of the molecule is C=CCn1c(=O)n(C)c(=O)c2c1nc(CCCC)n2Cc1ccc(-c2ccccc2-c2nn[nH]n2)cc1. The highest BCUT2D eigenvalue weighted by atomic mass is 16.2. The van der Waals surface area contributed by atoms with E-state index in [1.54, 1.807) is 6.08 Å². The van der Waals surface area contributed by atoms with Crippen LogP contribution in [-0.2, 0) is 26.6 Å². The van der Waals surface area contributed by atoms with Crippen LogP contribution in [0.4, 0.5) is 0 Å². The molecule has 0 fully saturated rings. The number of nitrogens with zero attached hydrogens (tertiary/aromatic N) is 7. The molecule has 3 aromatic heterocycles. The first kappa shape index (κ1) is 24.1. The molecule has 188 valence electrons. The lowest BCUT2D eigenvalue weighted by atomic mass is 9.98. The van der Waals surface area contributed by atoms with Gasteiger partial charge >= 0.3 is 5.69 Å². The molecule has 3 heterocycles. The van der Waals surface area contributed by atoms with E-state index < -0.39 is 5.69 Å². The van der Waals surface area contributed by atoms with Crippen LogP contribution in [0.1, 0.15) is 31.2 Å². The molecule has 0 aliphatic rings. The van der Waals surface area contributed by atoms with Crippen molar-refractivity contribution in [1.29, 1.82) is 0 Å². The number of fused-ring (bicyclic) bond motifs is 1. The minimum atomic E-state index is -0.395. The summed E-state index contributed by atoms with van der Waals surface area (Å²) in [5.41, 5.74) is 4.01. The van der Waals surface area contributed by atoms with Gasteiger partial charge in [-0.05, 0) is 28.3 Å². The van der Waals surface area contributed by atoms with Crippen LogP contribution < -0.4 is 11.2 Å². The standard InChI is InChI=1S/C27H28N8O2/c1-4-6-11-22-28-25-23(26(36)33(3)27(37)34(25)16-5-2)35(22)17-18-12-14-19(15-13-18)20-9-7-8-10-21(20)24-29-31-32-30-24/h5,7-10,12-15H,2,4,6,11,16-17H2,1,3H3,(H,29,30,31,32). The number of aromatic amines is 1. The first-order chi connectivity index (χ1) is 18.0. The highest BCUT2D eigenvalue weighted by Crippen LogP contribution is 2.30. The number of unbranched alkanes of at least 4 members (excludes halogenated alkanes) is 1. The van der Waals surface area contributed by atoms with Crippen molar-refractivity contribution in [1.82, 2.24) is 39.3 Å². The summed E-state index contributed by atoms with van der Waals surface area (Å²) in [5, 5.41) is 14.4. The molecule has 1 N–H and O–H groups in total. The molecular weight excluding hydrogens is 468 g/mol. The Morgan fingerprint density at radius 3 is 2.46 bits per heavy atom. The van der Waals surface area contributed by atoms with Crippen molar-refractivity contribution >= 4 is 11.2 Å². The molecule has 0 atom stereocenters. The smallest absolute Gasteiger partial charge is 0.318 e. The fourth-order valence-corrected chi connectivity index (χ4v) is 4.57. The van der Waals surface area contributed by atoms with Gasteiger partial charge in [-0.15, -0.1) is 16.8 Å². The molecule has 10 heteroatoms. The molecule has 0 amide bonds. The van der Waals surface area contributed by atoms with Gasteiger partial charge < -0.3 is 4.57 Å². The summed E-state index contributed by atoms with van der Waals surface area (Å²) in [6.07, 6.45) is 4.28. The fraction of sp³-hybridized carbons (Fsp3) is 0.259. The van der Waals surface area contributed by atoms with Gasteiger partial charge in [-0.1, -0.05) is 68.0 Å². The Morgan fingerprint density at radius 1 is 1.03 bits per heavy atom. The minimum absolute atomic E-state index is 0.280. The summed E-state index contributed by atoms with van der Waals surface area (Å²) in [5.74, 6) is 1.33. The maximum Gasteiger partial charge on any atom is 0.332 e. The van der Waals surface area contributed by atoms with E-state index >= 15 is 0 Å². The fourth-order valence-electron chi connectivity index (χ4n) is 4.57. The predicted molar refractivity (Wildman–Crippen MR) is 142 cm³/mol. The zero-order chi connectivity index (χ0) is 25.9. The number of H-pyrrole nitrogens is 1. The quantitative estimate of drug-likeness (QED) is 0.313. The van der Waals surface area contributed by atoms with Crippen LogP contribution in [0.5, 0.6) is 0 Å². The van der Waals surface area contributed by atoms with E-state index in [0.717, 1.165) is 45.5 Å². The van der Waals surface area contributed by atoms with Gasteiger partial charge in [0.1, 0.15) is 5.82 Å². The number of allylic oxidation sites excluding steroid dienone is 1. The van der Waals surface area contributed by atoms with Crippen LogP contribution in [0.2, 0.25) is 0 Å². The van der Waals surface area contributed by atoms with Crippen LogP contribution in [0.25, 0.3) is 33.7 Å². The second-order valence-corrected chi connectivity index (χ2v) is 8.91. The van der Waals surface area contributed by atoms with Crippen molar-refractivity contribution in [2.75, 3.05) is 0 Å². The Bertz CT molecular complexity index is 1670. The van der Waals surface area contributed by atoms with Crippen molar-refractivity contribution < 1.29 is 0 Å². The number of tetrazole rings is 1. The number of aromatic nitrogens is 8. The first-order valence-electron chi connectivity index (χ1n) is 12.3. The van der Waals surface area contributed by atoms with Crippen molar-refractivity contribution in [2.24, 2.45) is 7.05 Å². The predicted octanol–water partition coefficient (Wildman–Crippen LogP) is 3.32. The summed E-state index contributed by atoms with van der Waals surface area (Å²) in [4.78, 5) is 30.8. The maximum atomic E-state index is 13.2. The van der Waals surface area contributed by atoms with Crippen LogP contribution in [0, 0.1) is 0 Å². The zero-order valence-corrected chi connectivity index (χ0v) is 20.9. The Labute approximate surface area is 212 Å². The molecule has 5 aromatic rings. The maximum absolute atomic E-state index is 13.2. The van der Waals surface area contributed by atoms with Gasteiger partial charge in [0.25, 0.3) is 5.56 Å². The van der Waals surface area contributed by atoms with E-state index in [0.29, 0.717) is 30.0 Å². The van der Waals surface area contributed by atoms with Crippen LogP contribution in [0.15, 0.2) is 70.8 Å². The van der Waals surface area contributed by atoms with Gasteiger partial charge in [-0.25, -0.2) is 9.78 Å². The Kier molecular flexibility index (Phi) is 6.63. The first-order valence-corrected chi connectivity index (χ1v) is 12.3. The minimum Gasteiger partial charge on any atom is -0.318 e. The molecule has 37 heavy (non-hydrogen) atoms. The number of imidazole rings is 1. The molecular formula is C27H28N8O2. The summed E-state index contributed by atoms with van der Waals surface area (Å²) >= 11 is 0. The molecule has 0 saturated heterocycles. The number of hydrogen-bond acceptors (Lipinski definition) is 6. The third kappa shape index (κ3) is 4.42. The largest absolute Gasteiger partial charge is 0.332 e. The van der Waals surface area contributed by atoms with Crippen LogP contribution in [0.3, 0.4) is 0 Å². The molecule has 0 aliphatic carbocycles. The summed E-state index contributed by atoms with van der Waals surface area (Å²) in [6.45, 7) is 6.62. The second-order valence-electron chi connectivity index (χ2n) is 8.91. The second kappa shape index (κ2) is 10.2. The van der Waals surface area contributed by atoms with E-state index in [2.05, 4.69) is 34.1 Å². The lowest BCUT2D eigenvalue weighted by molar-refractivity contribution is 0.671. The van der Waals surface area contributed by atoms with Gasteiger partial charge in [0.05, 0.1) is 0 Å². The summed E-state index contributed by atoms with van der Waals surface area (Å²) in [7, 11) is 1.50. The molecule has 0 bridgehead atoms. The number of nitrogens with one attached hydrogen (secondary N) is 1. The highest BCUT2D eigenvalue weighted by Gasteiger charge is 2.20. The average Bonchev–Trinajstić information content (AvgIpc) is 3.58. The molecule has 0 aliphatic heterocycles. The van der Waals surface area contributed by atoms with Gasteiger partial charge in [0.2, 0.25) is 5.82 Å². The Balaban J connectivity index is 1.57. The molecule has 0 radical (unpaired) electrons. The third-order valence-corrected chi connectivity index (χ3v) is 6.49. The van der Waals surface area contributed by atoms with E-state index in [-0.39, 0.29) is 12.1 Å². The van der Waals surface area contributed by atoms with E-state index in [9.17, 15) is 9.59 Å². The molecule has 0 unspecified atom stereocenters. The van der Waals surface area contributed by atoms with Crippen molar-refractivity contribution in [2.45, 2.75) is 39.3 Å². The highest BCUT2D eigenvalue weighted by molar-refractivity contribution is 5.80. The van der Waals surface area contributed by atoms with Crippen LogP contribution in [-0.4, -0.2) is 39.3 Å². The molecule has 5 rings (SSSR count). The van der Waals surface area contributed by atoms with Crippen molar-refractivity contribution in [3.05, 3.63) is 93.4 Å². The molecule has 0 spiro atoms. The Hall–Kier alpha value is -4.60. The van der Waals surface area contributed by atoms with Gasteiger partial charge in [0.15, 0.2) is 11.2 Å². The summed E-state index contributed by atoms with van der Waals surface area (Å²) < 4.78 is 4.61. The number of rotatable bonds is 9. The van der Waals surface area contributed by atoms with E-state index in [1.807, 2.05) is 53.1 Å². The molecule has 0 saturated carbocycles. The third-order valence-electron chi connectivity index (χ3n) is 6.49. The number of aryl methyl sites for hydroxylation is 1. The zero-order valence-electron chi connectivity index (χ0n) is 20.9. The topological polar surface area (TPSA) is 116 Å². The van der Waals surface area contributed by atoms with Gasteiger partial charge in [-0.3, -0.25) is 13.9 Å². The van der Waals surface area contributed by atoms with Crippen molar-refractivity contribution in [3.8, 4) is 22.5 Å². The van der Waals surface area contributed by atoms with Crippen molar-refractivity contribution in [3.63, 3.8) is 0 Å². The summed E-state index contributed by atoms with van der Waals surface area (Å²) in [6, 6.07) is 16.1. The van der Waals surface area contributed by atoms with Gasteiger partial charge in [0, 0.05) is 32.1 Å². The van der Waals surface area contributed by atoms with Gasteiger partial charge in [-0.2, -0.15) is 5.21 Å². The lowest BCUT2D eigenvalue weighted by Crippen LogP contribution is -2.38. The normalized spacial score (nSPS) is 11.3. The molecule has 2 aromatic carbocycles. The Morgan fingerprint density at radius 2 is 1.78 bits per heavy atom. The van der Waals surface area contributed by atoms with E-state index in [1.165, 1.54) is 11.6 Å². The number of hydrogen-bond donors (Lipinski definition) is 1. The average molecular weight is 497 g/mol. The van der Waals surface area contributed by atoms with Crippen LogP contribution >= 0.6 is 0 Å². The number of benzene rings is 2. The monoisotopic (exact) mass is 496 g/mol.